The average molecular weight is 418 g/mol. The van der Waals surface area contributed by atoms with Crippen LogP contribution in [-0.2, 0) is 0 Å². The van der Waals surface area contributed by atoms with Gasteiger partial charge in [0.2, 0.25) is 16.6 Å². The van der Waals surface area contributed by atoms with Crippen LogP contribution in [0.3, 0.4) is 0 Å². The first-order valence-corrected chi connectivity index (χ1v) is 10.6. The van der Waals surface area contributed by atoms with Gasteiger partial charge in [-0.15, -0.1) is 0 Å². The molecule has 0 aliphatic carbocycles. The molecule has 4 nitrogen and oxygen atoms in total. The largest absolute Gasteiger partial charge is 0.618 e. The molecule has 156 valence electrons. The van der Waals surface area contributed by atoms with Gasteiger partial charge in [-0.3, -0.25) is 0 Å². The summed E-state index contributed by atoms with van der Waals surface area (Å²) in [5.41, 5.74) is 4.31. The van der Waals surface area contributed by atoms with Crippen LogP contribution < -0.4 is 9.46 Å². The standard InChI is InChI=1S/2C14H11NO/c1-10-5-4-7-12-9-11-6-2-3-8-13(11)15(16)14(10)12;1-10-13-7-3-2-5-11(13)9-12-6-4-8-15(16)14(10)12/h2*2-9H,1H3. The number of aromatic nitrogens is 2. The van der Waals surface area contributed by atoms with E-state index in [0.717, 1.165) is 58.7 Å². The number of pyridine rings is 2. The molecule has 0 N–H and O–H groups in total. The molecule has 0 amide bonds. The van der Waals surface area contributed by atoms with Gasteiger partial charge in [0, 0.05) is 39.4 Å². The predicted molar refractivity (Wildman–Crippen MR) is 130 cm³/mol. The third-order valence-electron chi connectivity index (χ3n) is 5.96. The van der Waals surface area contributed by atoms with Gasteiger partial charge in [0.05, 0.1) is 0 Å². The van der Waals surface area contributed by atoms with Crippen molar-refractivity contribution in [3.8, 4) is 0 Å². The van der Waals surface area contributed by atoms with Gasteiger partial charge in [-0.25, -0.2) is 0 Å². The molecule has 4 heteroatoms. The Morgan fingerprint density at radius 1 is 0.594 bits per heavy atom. The lowest BCUT2D eigenvalue weighted by molar-refractivity contribution is -0.577. The number of hydrogen-bond donors (Lipinski definition) is 0. The van der Waals surface area contributed by atoms with E-state index in [2.05, 4.69) is 24.3 Å². The van der Waals surface area contributed by atoms with E-state index in [-0.39, 0.29) is 0 Å². The Hall–Kier alpha value is -4.18. The fourth-order valence-corrected chi connectivity index (χ4v) is 4.42. The van der Waals surface area contributed by atoms with Gasteiger partial charge in [0.25, 0.3) is 0 Å². The highest BCUT2D eigenvalue weighted by Gasteiger charge is 2.12. The highest BCUT2D eigenvalue weighted by atomic mass is 16.5. The molecule has 0 saturated carbocycles. The second kappa shape index (κ2) is 7.82. The Bertz CT molecular complexity index is 1500. The summed E-state index contributed by atoms with van der Waals surface area (Å²) < 4.78 is 1.97. The maximum atomic E-state index is 12.2. The van der Waals surface area contributed by atoms with Gasteiger partial charge in [-0.05, 0) is 55.0 Å². The topological polar surface area (TPSA) is 53.9 Å². The van der Waals surface area contributed by atoms with Crippen LogP contribution in [-0.4, -0.2) is 0 Å². The van der Waals surface area contributed by atoms with Crippen LogP contribution in [0.2, 0.25) is 0 Å². The van der Waals surface area contributed by atoms with Crippen LogP contribution in [0.25, 0.3) is 43.5 Å². The van der Waals surface area contributed by atoms with Crippen LogP contribution in [0.1, 0.15) is 11.1 Å². The Morgan fingerprint density at radius 2 is 1.22 bits per heavy atom. The van der Waals surface area contributed by atoms with E-state index < -0.39 is 0 Å². The van der Waals surface area contributed by atoms with Crippen LogP contribution in [0.5, 0.6) is 0 Å². The van der Waals surface area contributed by atoms with Crippen molar-refractivity contribution in [2.75, 3.05) is 0 Å². The van der Waals surface area contributed by atoms with E-state index in [9.17, 15) is 10.4 Å². The number of nitrogens with zero attached hydrogens (tertiary/aromatic N) is 2. The average Bonchev–Trinajstić information content (AvgIpc) is 2.80. The molecule has 6 aromatic rings. The van der Waals surface area contributed by atoms with Crippen molar-refractivity contribution >= 4 is 43.5 Å². The fourth-order valence-electron chi connectivity index (χ4n) is 4.42. The van der Waals surface area contributed by atoms with E-state index in [1.165, 1.54) is 5.39 Å². The number of aryl methyl sites for hydroxylation is 2. The van der Waals surface area contributed by atoms with Crippen molar-refractivity contribution in [3.63, 3.8) is 0 Å². The molecule has 4 aromatic carbocycles. The summed E-state index contributed by atoms with van der Waals surface area (Å²) in [7, 11) is 0. The number of hydrogen-bond acceptors (Lipinski definition) is 2. The van der Waals surface area contributed by atoms with Crippen LogP contribution in [0.15, 0.2) is 97.2 Å². The fraction of sp³-hybridized carbons (Fsp3) is 0.0714. The Kier molecular flexibility index (Phi) is 4.83. The van der Waals surface area contributed by atoms with Crippen molar-refractivity contribution in [1.29, 1.82) is 0 Å². The molecule has 2 heterocycles. The summed E-state index contributed by atoms with van der Waals surface area (Å²) in [4.78, 5) is 0. The summed E-state index contributed by atoms with van der Waals surface area (Å²) in [6.45, 7) is 3.96. The molecule has 0 radical (unpaired) electrons. The second-order valence-corrected chi connectivity index (χ2v) is 8.00. The second-order valence-electron chi connectivity index (χ2n) is 8.00. The maximum Gasteiger partial charge on any atom is 0.227 e. The summed E-state index contributed by atoms with van der Waals surface area (Å²) in [5, 5.41) is 29.3. The molecule has 2 aromatic heterocycles. The summed E-state index contributed by atoms with van der Waals surface area (Å²) in [5.74, 6) is 0. The van der Waals surface area contributed by atoms with Crippen molar-refractivity contribution in [1.82, 2.24) is 0 Å². The van der Waals surface area contributed by atoms with E-state index in [0.29, 0.717) is 0 Å². The predicted octanol–water partition coefficient (Wildman–Crippen LogP) is 5.87. The molecule has 0 bridgehead atoms. The van der Waals surface area contributed by atoms with Gasteiger partial charge in [-0.2, -0.15) is 9.46 Å². The molecule has 6 rings (SSSR count). The maximum absolute atomic E-state index is 12.2. The summed E-state index contributed by atoms with van der Waals surface area (Å²) in [6, 6.07) is 29.6. The molecule has 0 aliphatic rings. The molecular weight excluding hydrogens is 396 g/mol. The van der Waals surface area contributed by atoms with Gasteiger partial charge in [-0.1, -0.05) is 48.5 Å². The van der Waals surface area contributed by atoms with Gasteiger partial charge in [0.1, 0.15) is 0 Å². The minimum absolute atomic E-state index is 0.726. The Morgan fingerprint density at radius 3 is 2.06 bits per heavy atom. The van der Waals surface area contributed by atoms with Gasteiger partial charge >= 0.3 is 0 Å². The molecular formula is C28H22N2O2. The molecule has 0 aliphatic heterocycles. The zero-order valence-electron chi connectivity index (χ0n) is 17.9. The van der Waals surface area contributed by atoms with Crippen LogP contribution in [0, 0.1) is 24.3 Å². The zero-order chi connectivity index (χ0) is 22.2. The van der Waals surface area contributed by atoms with Crippen molar-refractivity contribution in [2.24, 2.45) is 0 Å². The van der Waals surface area contributed by atoms with Crippen LogP contribution >= 0.6 is 0 Å². The number of para-hydroxylation sites is 2. The van der Waals surface area contributed by atoms with Crippen molar-refractivity contribution in [2.45, 2.75) is 13.8 Å². The molecule has 0 atom stereocenters. The number of fused-ring (bicyclic) bond motifs is 4. The normalized spacial score (nSPS) is 11.1. The monoisotopic (exact) mass is 418 g/mol. The SMILES string of the molecule is Cc1c2ccccc2cc2ccc[n+]([O-])c12.Cc1cccc2cc3ccccc3[n+]([O-])c12. The third-order valence-corrected chi connectivity index (χ3v) is 5.96. The van der Waals surface area contributed by atoms with Crippen molar-refractivity contribution < 1.29 is 9.46 Å². The van der Waals surface area contributed by atoms with E-state index in [4.69, 9.17) is 0 Å². The quantitative estimate of drug-likeness (QED) is 0.176. The zero-order valence-corrected chi connectivity index (χ0v) is 17.9. The van der Waals surface area contributed by atoms with Crippen LogP contribution in [0.4, 0.5) is 0 Å². The minimum Gasteiger partial charge on any atom is -0.618 e. The highest BCUT2D eigenvalue weighted by Crippen LogP contribution is 2.25. The van der Waals surface area contributed by atoms with Gasteiger partial charge in [0.15, 0.2) is 6.20 Å². The minimum atomic E-state index is 0.726. The molecule has 0 saturated heterocycles. The number of rotatable bonds is 0. The smallest absolute Gasteiger partial charge is 0.227 e. The number of benzene rings is 4. The lowest BCUT2D eigenvalue weighted by Crippen LogP contribution is -2.28. The van der Waals surface area contributed by atoms with E-state index in [1.54, 1.807) is 12.3 Å². The van der Waals surface area contributed by atoms with E-state index in [1.807, 2.05) is 74.5 Å². The molecule has 32 heavy (non-hydrogen) atoms. The lowest BCUT2D eigenvalue weighted by Gasteiger charge is -2.07. The Labute approximate surface area is 185 Å². The summed E-state index contributed by atoms with van der Waals surface area (Å²) in [6.07, 6.45) is 1.55. The van der Waals surface area contributed by atoms with E-state index >= 15 is 0 Å². The Balaban J connectivity index is 0.000000135. The van der Waals surface area contributed by atoms with Crippen molar-refractivity contribution in [3.05, 3.63) is 119 Å². The first-order chi connectivity index (χ1) is 15.5. The molecule has 0 spiro atoms. The molecule has 0 unspecified atom stereocenters. The summed E-state index contributed by atoms with van der Waals surface area (Å²) >= 11 is 0. The first-order valence-electron chi connectivity index (χ1n) is 10.6. The molecule has 0 fully saturated rings. The third kappa shape index (κ3) is 3.26. The first kappa shape index (κ1) is 19.8. The lowest BCUT2D eigenvalue weighted by atomic mass is 10.0. The van der Waals surface area contributed by atoms with Gasteiger partial charge < -0.3 is 10.4 Å². The highest BCUT2D eigenvalue weighted by molar-refractivity contribution is 5.99.